The zero-order chi connectivity index (χ0) is 14.0. The van der Waals surface area contributed by atoms with Crippen molar-refractivity contribution in [3.05, 3.63) is 22.7 Å². The van der Waals surface area contributed by atoms with Crippen molar-refractivity contribution in [1.82, 2.24) is 9.55 Å². The zero-order valence-corrected chi connectivity index (χ0v) is 10.6. The predicted molar refractivity (Wildman–Crippen MR) is 67.5 cm³/mol. The molecule has 0 saturated carbocycles. The highest BCUT2D eigenvalue weighted by Crippen LogP contribution is 2.33. The molecule has 4 N–H and O–H groups in total. The second kappa shape index (κ2) is 5.59. The van der Waals surface area contributed by atoms with E-state index >= 15 is 0 Å². The number of nitrogens with zero attached hydrogens (tertiary/aromatic N) is 2. The van der Waals surface area contributed by atoms with Crippen LogP contribution in [0, 0.1) is 0 Å². The number of nitrogen functional groups attached to an aromatic ring is 1. The number of hydrogen-bond donors (Lipinski definition) is 3. The molecule has 0 amide bonds. The van der Waals surface area contributed by atoms with Crippen LogP contribution in [-0.2, 0) is 9.53 Å². The number of aromatic nitrogens is 2. The summed E-state index contributed by atoms with van der Waals surface area (Å²) in [4.78, 5) is 25.7. The molecular formula is C10H13N3O5S. The molecule has 2 heterocycles. The maximum Gasteiger partial charge on any atom is 0.351 e. The molecule has 0 bridgehead atoms. The summed E-state index contributed by atoms with van der Waals surface area (Å²) >= 11 is 1.25. The van der Waals surface area contributed by atoms with Crippen molar-refractivity contribution in [2.75, 3.05) is 11.5 Å². The third-order valence-electron chi connectivity index (χ3n) is 2.55. The molecule has 0 spiro atoms. The number of carbonyl (C=O) groups is 1. The van der Waals surface area contributed by atoms with E-state index < -0.39 is 35.8 Å². The van der Waals surface area contributed by atoms with Gasteiger partial charge < -0.3 is 20.7 Å². The van der Waals surface area contributed by atoms with E-state index in [1.807, 2.05) is 0 Å². The number of carboxylic acid groups (broad SMARTS) is 1. The first-order valence-corrected chi connectivity index (χ1v) is 6.54. The summed E-state index contributed by atoms with van der Waals surface area (Å²) in [6.07, 6.45) is -0.648. The number of hydrogen-bond acceptors (Lipinski definition) is 7. The molecule has 0 radical (unpaired) electrons. The van der Waals surface area contributed by atoms with Gasteiger partial charge in [0.15, 0.2) is 0 Å². The number of nitrogens with two attached hydrogens (primary N) is 1. The second-order valence-electron chi connectivity index (χ2n) is 4.00. The number of aliphatic hydroxyl groups excluding tert-OH is 1. The van der Waals surface area contributed by atoms with Crippen LogP contribution in [0.25, 0.3) is 0 Å². The minimum atomic E-state index is -1.12. The highest BCUT2D eigenvalue weighted by atomic mass is 32.2. The van der Waals surface area contributed by atoms with E-state index in [2.05, 4.69) is 4.98 Å². The SMILES string of the molecule is Nc1ccn([C@H]2CS[C@@H](C(O)CC(=O)O)O2)c(=O)n1. The van der Waals surface area contributed by atoms with E-state index in [4.69, 9.17) is 15.6 Å². The Morgan fingerprint density at radius 2 is 2.47 bits per heavy atom. The van der Waals surface area contributed by atoms with Crippen molar-refractivity contribution in [2.45, 2.75) is 24.2 Å². The van der Waals surface area contributed by atoms with Crippen LogP contribution in [0.4, 0.5) is 5.82 Å². The smallest absolute Gasteiger partial charge is 0.351 e. The summed E-state index contributed by atoms with van der Waals surface area (Å²) in [5, 5.41) is 18.2. The molecule has 1 fully saturated rings. The Hall–Kier alpha value is -1.58. The summed E-state index contributed by atoms with van der Waals surface area (Å²) in [6, 6.07) is 1.47. The number of aliphatic hydroxyl groups is 1. The Bertz CT molecular complexity index is 534. The van der Waals surface area contributed by atoms with Gasteiger partial charge in [-0.2, -0.15) is 4.98 Å². The average Bonchev–Trinajstić information content (AvgIpc) is 2.77. The van der Waals surface area contributed by atoms with Crippen LogP contribution in [0.2, 0.25) is 0 Å². The lowest BCUT2D eigenvalue weighted by molar-refractivity contribution is -0.141. The number of rotatable bonds is 4. The van der Waals surface area contributed by atoms with E-state index in [0.29, 0.717) is 5.75 Å². The molecule has 0 aliphatic carbocycles. The molecule has 1 saturated heterocycles. The van der Waals surface area contributed by atoms with Crippen LogP contribution in [-0.4, -0.2) is 43.0 Å². The van der Waals surface area contributed by atoms with Crippen molar-refractivity contribution in [3.63, 3.8) is 0 Å². The largest absolute Gasteiger partial charge is 0.481 e. The Morgan fingerprint density at radius 3 is 3.11 bits per heavy atom. The van der Waals surface area contributed by atoms with Crippen molar-refractivity contribution in [3.8, 4) is 0 Å². The average molecular weight is 287 g/mol. The van der Waals surface area contributed by atoms with Gasteiger partial charge in [-0.1, -0.05) is 0 Å². The number of thioether (sulfide) groups is 1. The first kappa shape index (κ1) is 13.8. The number of carboxylic acids is 1. The van der Waals surface area contributed by atoms with Gasteiger partial charge in [-0.15, -0.1) is 11.8 Å². The van der Waals surface area contributed by atoms with E-state index in [1.165, 1.54) is 28.6 Å². The molecule has 104 valence electrons. The van der Waals surface area contributed by atoms with Gasteiger partial charge in [-0.25, -0.2) is 4.79 Å². The number of ether oxygens (including phenoxy) is 1. The van der Waals surface area contributed by atoms with Gasteiger partial charge in [-0.3, -0.25) is 9.36 Å². The molecule has 19 heavy (non-hydrogen) atoms. The Kier molecular flexibility index (Phi) is 4.08. The van der Waals surface area contributed by atoms with Crippen LogP contribution in [0.1, 0.15) is 12.6 Å². The lowest BCUT2D eigenvalue weighted by atomic mass is 10.3. The van der Waals surface area contributed by atoms with Gasteiger partial charge in [0.1, 0.15) is 23.6 Å². The fourth-order valence-corrected chi connectivity index (χ4v) is 2.80. The normalized spacial score (nSPS) is 24.3. The number of aliphatic carboxylic acids is 1. The van der Waals surface area contributed by atoms with E-state index in [9.17, 15) is 14.7 Å². The Balaban J connectivity index is 2.05. The summed E-state index contributed by atoms with van der Waals surface area (Å²) in [7, 11) is 0. The van der Waals surface area contributed by atoms with E-state index in [-0.39, 0.29) is 5.82 Å². The Morgan fingerprint density at radius 1 is 1.74 bits per heavy atom. The summed E-state index contributed by atoms with van der Waals surface area (Å²) in [6.45, 7) is 0. The molecule has 1 unspecified atom stereocenters. The standard InChI is InChI=1S/C10H13N3O5S/c11-6-1-2-13(10(17)12-6)7-4-19-9(18-7)5(14)3-8(15)16/h1-2,5,7,9,14H,3-4H2,(H,15,16)(H2,11,12,17)/t5?,7-,9+/m1/s1. The fourth-order valence-electron chi connectivity index (χ4n) is 1.68. The van der Waals surface area contributed by atoms with Crippen LogP contribution in [0.5, 0.6) is 0 Å². The topological polar surface area (TPSA) is 128 Å². The second-order valence-corrected chi connectivity index (χ2v) is 5.13. The zero-order valence-electron chi connectivity index (χ0n) is 9.80. The van der Waals surface area contributed by atoms with Crippen LogP contribution < -0.4 is 11.4 Å². The van der Waals surface area contributed by atoms with Gasteiger partial charge in [0, 0.05) is 11.9 Å². The Labute approximate surface area is 112 Å². The lowest BCUT2D eigenvalue weighted by Gasteiger charge is -2.17. The number of anilines is 1. The maximum atomic E-state index is 11.6. The molecule has 9 heteroatoms. The molecule has 3 atom stereocenters. The molecule has 1 aliphatic rings. The quantitative estimate of drug-likeness (QED) is 0.660. The first-order valence-electron chi connectivity index (χ1n) is 5.49. The summed E-state index contributed by atoms with van der Waals surface area (Å²) in [5.74, 6) is -0.562. The fraction of sp³-hybridized carbons (Fsp3) is 0.500. The van der Waals surface area contributed by atoms with Crippen molar-refractivity contribution in [2.24, 2.45) is 0 Å². The predicted octanol–water partition coefficient (Wildman–Crippen LogP) is -0.751. The van der Waals surface area contributed by atoms with E-state index in [0.717, 1.165) is 0 Å². The van der Waals surface area contributed by atoms with Crippen LogP contribution >= 0.6 is 11.8 Å². The minimum absolute atomic E-state index is 0.120. The minimum Gasteiger partial charge on any atom is -0.481 e. The van der Waals surface area contributed by atoms with Gasteiger partial charge in [0.05, 0.1) is 6.42 Å². The molecule has 1 aliphatic heterocycles. The molecule has 1 aromatic heterocycles. The highest BCUT2D eigenvalue weighted by Gasteiger charge is 2.33. The summed E-state index contributed by atoms with van der Waals surface area (Å²) in [5.41, 5.74) is 4.16. The van der Waals surface area contributed by atoms with Gasteiger partial charge in [0.2, 0.25) is 0 Å². The van der Waals surface area contributed by atoms with Gasteiger partial charge in [-0.05, 0) is 6.07 Å². The van der Waals surface area contributed by atoms with Crippen molar-refractivity contribution in [1.29, 1.82) is 0 Å². The third kappa shape index (κ3) is 3.25. The molecule has 0 aromatic carbocycles. The highest BCUT2D eigenvalue weighted by molar-refractivity contribution is 8.00. The van der Waals surface area contributed by atoms with Crippen LogP contribution in [0.15, 0.2) is 17.1 Å². The summed E-state index contributed by atoms with van der Waals surface area (Å²) < 4.78 is 6.72. The van der Waals surface area contributed by atoms with Gasteiger partial charge in [0.25, 0.3) is 0 Å². The molecular weight excluding hydrogens is 274 g/mol. The maximum absolute atomic E-state index is 11.6. The lowest BCUT2D eigenvalue weighted by Crippen LogP contribution is -2.31. The monoisotopic (exact) mass is 287 g/mol. The van der Waals surface area contributed by atoms with E-state index in [1.54, 1.807) is 0 Å². The van der Waals surface area contributed by atoms with Crippen LogP contribution in [0.3, 0.4) is 0 Å². The van der Waals surface area contributed by atoms with Crippen molar-refractivity contribution >= 4 is 23.5 Å². The molecule has 1 aromatic rings. The molecule has 2 rings (SSSR count). The molecule has 8 nitrogen and oxygen atoms in total. The third-order valence-corrected chi connectivity index (χ3v) is 3.79. The first-order chi connectivity index (χ1) is 8.97. The van der Waals surface area contributed by atoms with Gasteiger partial charge >= 0.3 is 11.7 Å². The van der Waals surface area contributed by atoms with Crippen molar-refractivity contribution < 1.29 is 19.7 Å².